The standard InChI is InChI=1S/C21H24N2O/c1-14-16(12-7-13-22-14)21(24)23-20-18-11-6-5-10-17(18)19(20)15-8-3-2-4-9-15/h2-4,7-9,12-13,17-20H,5-6,10-11H2,1H3,(H,23,24)/t17-,18+,19-,20-/m0/s1. The Bertz CT molecular complexity index is 728. The van der Waals surface area contributed by atoms with Crippen LogP contribution < -0.4 is 5.32 Å². The molecule has 1 amide bonds. The van der Waals surface area contributed by atoms with Gasteiger partial charge in [-0.15, -0.1) is 0 Å². The number of fused-ring (bicyclic) bond motifs is 1. The van der Waals surface area contributed by atoms with E-state index in [2.05, 4.69) is 40.6 Å². The van der Waals surface area contributed by atoms with Gasteiger partial charge in [-0.25, -0.2) is 0 Å². The molecule has 0 radical (unpaired) electrons. The summed E-state index contributed by atoms with van der Waals surface area (Å²) in [5.74, 6) is 1.83. The second kappa shape index (κ2) is 6.39. The van der Waals surface area contributed by atoms with E-state index in [-0.39, 0.29) is 11.9 Å². The molecule has 1 aromatic heterocycles. The summed E-state index contributed by atoms with van der Waals surface area (Å²) >= 11 is 0. The van der Waals surface area contributed by atoms with Gasteiger partial charge in [-0.2, -0.15) is 0 Å². The second-order valence-electron chi connectivity index (χ2n) is 7.18. The molecule has 1 N–H and O–H groups in total. The van der Waals surface area contributed by atoms with E-state index in [4.69, 9.17) is 0 Å². The number of aromatic nitrogens is 1. The van der Waals surface area contributed by atoms with E-state index in [1.54, 1.807) is 6.20 Å². The van der Waals surface area contributed by atoms with Crippen LogP contribution in [0.1, 0.15) is 53.2 Å². The Morgan fingerprint density at radius 2 is 1.79 bits per heavy atom. The third-order valence-corrected chi connectivity index (χ3v) is 5.92. The smallest absolute Gasteiger partial charge is 0.253 e. The van der Waals surface area contributed by atoms with Crippen LogP contribution in [0.2, 0.25) is 0 Å². The minimum absolute atomic E-state index is 0.0237. The number of benzene rings is 1. The first-order valence-electron chi connectivity index (χ1n) is 9.03. The van der Waals surface area contributed by atoms with Gasteiger partial charge in [0.15, 0.2) is 0 Å². The van der Waals surface area contributed by atoms with Gasteiger partial charge in [0.25, 0.3) is 5.91 Å². The largest absolute Gasteiger partial charge is 0.348 e. The summed E-state index contributed by atoms with van der Waals surface area (Å²) in [6.45, 7) is 1.90. The molecule has 3 heteroatoms. The molecule has 0 bridgehead atoms. The fourth-order valence-corrected chi connectivity index (χ4v) is 4.75. The third kappa shape index (κ3) is 2.62. The van der Waals surface area contributed by atoms with Crippen LogP contribution in [-0.4, -0.2) is 16.9 Å². The number of hydrogen-bond acceptors (Lipinski definition) is 2. The summed E-state index contributed by atoms with van der Waals surface area (Å²) in [4.78, 5) is 17.0. The van der Waals surface area contributed by atoms with E-state index in [1.807, 2.05) is 19.1 Å². The molecule has 0 saturated heterocycles. The Morgan fingerprint density at radius 1 is 1.04 bits per heavy atom. The maximum absolute atomic E-state index is 12.8. The van der Waals surface area contributed by atoms with E-state index in [0.717, 1.165) is 11.6 Å². The van der Waals surface area contributed by atoms with Crippen LogP contribution in [-0.2, 0) is 0 Å². The predicted molar refractivity (Wildman–Crippen MR) is 94.9 cm³/mol. The highest BCUT2D eigenvalue weighted by Gasteiger charge is 2.51. The predicted octanol–water partition coefficient (Wildman–Crippen LogP) is 4.09. The zero-order valence-electron chi connectivity index (χ0n) is 14.1. The first kappa shape index (κ1) is 15.4. The molecule has 4 rings (SSSR count). The van der Waals surface area contributed by atoms with Crippen LogP contribution in [0.5, 0.6) is 0 Å². The highest BCUT2D eigenvalue weighted by Crippen LogP contribution is 2.54. The van der Waals surface area contributed by atoms with E-state index in [1.165, 1.54) is 31.2 Å². The van der Waals surface area contributed by atoms with Crippen molar-refractivity contribution in [2.75, 3.05) is 0 Å². The van der Waals surface area contributed by atoms with Crippen LogP contribution in [0.15, 0.2) is 48.7 Å². The van der Waals surface area contributed by atoms with E-state index in [9.17, 15) is 4.79 Å². The number of carbonyl (C=O) groups is 1. The summed E-state index contributed by atoms with van der Waals surface area (Å²) in [6.07, 6.45) is 6.89. The van der Waals surface area contributed by atoms with Gasteiger partial charge in [0, 0.05) is 23.9 Å². The maximum atomic E-state index is 12.8. The van der Waals surface area contributed by atoms with Gasteiger partial charge < -0.3 is 5.32 Å². The van der Waals surface area contributed by atoms with Crippen LogP contribution in [0.4, 0.5) is 0 Å². The molecule has 24 heavy (non-hydrogen) atoms. The average Bonchev–Trinajstić information content (AvgIpc) is 2.61. The molecule has 0 spiro atoms. The number of aryl methyl sites for hydroxylation is 1. The normalized spacial score (nSPS) is 28.5. The number of rotatable bonds is 3. The van der Waals surface area contributed by atoms with Crippen molar-refractivity contribution < 1.29 is 4.79 Å². The molecule has 124 valence electrons. The summed E-state index contributed by atoms with van der Waals surface area (Å²) in [5, 5.41) is 3.34. The minimum Gasteiger partial charge on any atom is -0.348 e. The zero-order valence-corrected chi connectivity index (χ0v) is 14.1. The van der Waals surface area contributed by atoms with Crippen molar-refractivity contribution in [2.24, 2.45) is 11.8 Å². The van der Waals surface area contributed by atoms with Crippen molar-refractivity contribution in [3.63, 3.8) is 0 Å². The van der Waals surface area contributed by atoms with Crippen LogP contribution >= 0.6 is 0 Å². The van der Waals surface area contributed by atoms with Crippen molar-refractivity contribution in [1.82, 2.24) is 10.3 Å². The Morgan fingerprint density at radius 3 is 2.54 bits per heavy atom. The van der Waals surface area contributed by atoms with Gasteiger partial charge in [0.1, 0.15) is 0 Å². The number of amides is 1. The van der Waals surface area contributed by atoms with Crippen molar-refractivity contribution in [2.45, 2.75) is 44.6 Å². The van der Waals surface area contributed by atoms with Gasteiger partial charge >= 0.3 is 0 Å². The Hall–Kier alpha value is -2.16. The second-order valence-corrected chi connectivity index (χ2v) is 7.18. The SMILES string of the molecule is Cc1ncccc1C(=O)N[C@H]1[C@@H]2CCCC[C@@H]2[C@@H]1c1ccccc1. The van der Waals surface area contributed by atoms with E-state index >= 15 is 0 Å². The summed E-state index contributed by atoms with van der Waals surface area (Å²) in [6, 6.07) is 14.7. The van der Waals surface area contributed by atoms with Gasteiger partial charge in [-0.1, -0.05) is 43.2 Å². The molecule has 2 aliphatic carbocycles. The van der Waals surface area contributed by atoms with Gasteiger partial charge in [-0.3, -0.25) is 9.78 Å². The fourth-order valence-electron chi connectivity index (χ4n) is 4.75. The Balaban J connectivity index is 1.58. The summed E-state index contributed by atoms with van der Waals surface area (Å²) in [7, 11) is 0. The molecule has 0 unspecified atom stereocenters. The lowest BCUT2D eigenvalue weighted by molar-refractivity contribution is 0.0251. The first-order valence-corrected chi connectivity index (χ1v) is 9.03. The Labute approximate surface area is 143 Å². The number of nitrogens with one attached hydrogen (secondary N) is 1. The van der Waals surface area contributed by atoms with Crippen molar-refractivity contribution in [3.05, 3.63) is 65.5 Å². The van der Waals surface area contributed by atoms with E-state index in [0.29, 0.717) is 17.4 Å². The maximum Gasteiger partial charge on any atom is 0.253 e. The van der Waals surface area contributed by atoms with Crippen LogP contribution in [0, 0.1) is 18.8 Å². The van der Waals surface area contributed by atoms with Gasteiger partial charge in [0.2, 0.25) is 0 Å². The molecule has 1 heterocycles. The molecule has 0 aliphatic heterocycles. The molecule has 2 saturated carbocycles. The molecule has 3 nitrogen and oxygen atoms in total. The number of nitrogens with zero attached hydrogens (tertiary/aromatic N) is 1. The molecular weight excluding hydrogens is 296 g/mol. The van der Waals surface area contributed by atoms with E-state index < -0.39 is 0 Å². The van der Waals surface area contributed by atoms with Crippen molar-refractivity contribution in [1.29, 1.82) is 0 Å². The van der Waals surface area contributed by atoms with Crippen molar-refractivity contribution >= 4 is 5.91 Å². The number of carbonyl (C=O) groups excluding carboxylic acids is 1. The highest BCUT2D eigenvalue weighted by molar-refractivity contribution is 5.95. The monoisotopic (exact) mass is 320 g/mol. The summed E-state index contributed by atoms with van der Waals surface area (Å²) < 4.78 is 0. The highest BCUT2D eigenvalue weighted by atomic mass is 16.1. The van der Waals surface area contributed by atoms with Gasteiger partial charge in [-0.05, 0) is 49.3 Å². The number of hydrogen-bond donors (Lipinski definition) is 1. The molecule has 2 aromatic rings. The van der Waals surface area contributed by atoms with Gasteiger partial charge in [0.05, 0.1) is 5.56 Å². The average molecular weight is 320 g/mol. The zero-order chi connectivity index (χ0) is 16.5. The lowest BCUT2D eigenvalue weighted by Gasteiger charge is -2.55. The quantitative estimate of drug-likeness (QED) is 0.925. The first-order chi connectivity index (χ1) is 11.8. The molecule has 1 aromatic carbocycles. The molecule has 2 fully saturated rings. The fraction of sp³-hybridized carbons (Fsp3) is 0.429. The minimum atomic E-state index is 0.0237. The third-order valence-electron chi connectivity index (χ3n) is 5.92. The van der Waals surface area contributed by atoms with Crippen LogP contribution in [0.3, 0.4) is 0 Å². The van der Waals surface area contributed by atoms with Crippen molar-refractivity contribution in [3.8, 4) is 0 Å². The summed E-state index contributed by atoms with van der Waals surface area (Å²) in [5.41, 5.74) is 2.86. The number of pyridine rings is 1. The lowest BCUT2D eigenvalue weighted by Crippen LogP contribution is -2.59. The van der Waals surface area contributed by atoms with Crippen LogP contribution in [0.25, 0.3) is 0 Å². The molecule has 2 aliphatic rings. The lowest BCUT2D eigenvalue weighted by atomic mass is 9.53. The topological polar surface area (TPSA) is 42.0 Å². The molecule has 4 atom stereocenters. The Kier molecular flexibility index (Phi) is 4.09. The molecular formula is C21H24N2O.